The number of aliphatic carboxylic acids is 1. The summed E-state index contributed by atoms with van der Waals surface area (Å²) >= 11 is 0. The molecule has 0 bridgehead atoms. The summed E-state index contributed by atoms with van der Waals surface area (Å²) in [7, 11) is 0. The van der Waals surface area contributed by atoms with Crippen molar-refractivity contribution in [1.29, 1.82) is 0 Å². The number of hydrogen-bond acceptors (Lipinski definition) is 9. The predicted molar refractivity (Wildman–Crippen MR) is 116 cm³/mol. The number of likely N-dealkylation sites (tertiary alicyclic amines) is 1. The van der Waals surface area contributed by atoms with Gasteiger partial charge in [0.05, 0.1) is 5.56 Å². The number of nitrogens with one attached hydrogen (secondary N) is 1. The number of amides is 1. The number of benzene rings is 1. The lowest BCUT2D eigenvalue weighted by Crippen LogP contribution is -2.61. The molecule has 0 aromatic heterocycles. The average Bonchev–Trinajstić information content (AvgIpc) is 2.78. The Bertz CT molecular complexity index is 838. The van der Waals surface area contributed by atoms with E-state index in [0.29, 0.717) is 12.5 Å². The molecule has 1 amide bonds. The second-order valence-electron chi connectivity index (χ2n) is 8.71. The molecule has 2 fully saturated rings. The molecule has 2 aliphatic rings. The average molecular weight is 468 g/mol. The summed E-state index contributed by atoms with van der Waals surface area (Å²) in [6.45, 7) is 5.27. The van der Waals surface area contributed by atoms with Crippen molar-refractivity contribution in [3.05, 3.63) is 29.3 Å². The van der Waals surface area contributed by atoms with Crippen molar-refractivity contribution in [3.63, 3.8) is 0 Å². The highest BCUT2D eigenvalue weighted by Crippen LogP contribution is 2.28. The molecular weight excluding hydrogens is 434 g/mol. The molecule has 0 saturated carbocycles. The molecule has 11 nitrogen and oxygen atoms in total. The lowest BCUT2D eigenvalue weighted by molar-refractivity contribution is -0.271. The van der Waals surface area contributed by atoms with E-state index >= 15 is 0 Å². The number of carboxylic acid groups (broad SMARTS) is 1. The number of piperidine rings is 1. The summed E-state index contributed by atoms with van der Waals surface area (Å²) < 4.78 is 10.8. The van der Waals surface area contributed by atoms with Crippen molar-refractivity contribution < 1.29 is 39.5 Å². The van der Waals surface area contributed by atoms with Gasteiger partial charge in [0, 0.05) is 26.2 Å². The molecule has 0 spiro atoms. The Morgan fingerprint density at radius 1 is 1.24 bits per heavy atom. The van der Waals surface area contributed by atoms with Crippen molar-refractivity contribution >= 4 is 11.9 Å². The second-order valence-corrected chi connectivity index (χ2v) is 8.71. The molecule has 0 radical (unpaired) electrons. The van der Waals surface area contributed by atoms with Gasteiger partial charge in [-0.2, -0.15) is 0 Å². The standard InChI is InChI=1S/C22H33N3O8/c1-12-3-2-8-25(10-12)11-13-4-5-15(14(9-13)20(29)24-7-6-23)32-22-18(28)16(26)17(27)19(33-22)21(30)31/h4-5,9,12,16-19,22,26-28H,2-3,6-8,10-11,23H2,1H3,(H,24,29)(H,30,31)/t12-,16-,17-,18+,19-,22+/m0/s1. The molecule has 11 heteroatoms. The molecule has 184 valence electrons. The van der Waals surface area contributed by atoms with Gasteiger partial charge in [0.2, 0.25) is 6.29 Å². The Kier molecular flexibility index (Phi) is 8.63. The maximum Gasteiger partial charge on any atom is 0.335 e. The first-order valence-corrected chi connectivity index (χ1v) is 11.1. The van der Waals surface area contributed by atoms with Crippen LogP contribution in [0.3, 0.4) is 0 Å². The van der Waals surface area contributed by atoms with Crippen molar-refractivity contribution in [3.8, 4) is 5.75 Å². The summed E-state index contributed by atoms with van der Waals surface area (Å²) in [4.78, 5) is 26.5. The largest absolute Gasteiger partial charge is 0.479 e. The summed E-state index contributed by atoms with van der Waals surface area (Å²) in [5.74, 6) is -1.33. The molecule has 0 aliphatic carbocycles. The molecule has 1 aromatic carbocycles. The molecule has 7 N–H and O–H groups in total. The fraction of sp³-hybridized carbons (Fsp3) is 0.636. The van der Waals surface area contributed by atoms with Crippen molar-refractivity contribution in [2.24, 2.45) is 11.7 Å². The van der Waals surface area contributed by atoms with Crippen LogP contribution in [0.15, 0.2) is 18.2 Å². The highest BCUT2D eigenvalue weighted by molar-refractivity contribution is 5.97. The van der Waals surface area contributed by atoms with Gasteiger partial charge in [-0.05, 0) is 43.0 Å². The fourth-order valence-electron chi connectivity index (χ4n) is 4.20. The first kappa shape index (κ1) is 25.3. The molecule has 0 unspecified atom stereocenters. The van der Waals surface area contributed by atoms with E-state index in [1.807, 2.05) is 0 Å². The monoisotopic (exact) mass is 467 g/mol. The van der Waals surface area contributed by atoms with Crippen LogP contribution >= 0.6 is 0 Å². The molecule has 6 atom stereocenters. The summed E-state index contributed by atoms with van der Waals surface area (Å²) in [6.07, 6.45) is -6.48. The lowest BCUT2D eigenvalue weighted by atomic mass is 9.98. The van der Waals surface area contributed by atoms with Crippen LogP contribution in [-0.4, -0.2) is 94.1 Å². The van der Waals surface area contributed by atoms with Crippen molar-refractivity contribution in [1.82, 2.24) is 10.2 Å². The van der Waals surface area contributed by atoms with Crippen LogP contribution < -0.4 is 15.8 Å². The third-order valence-corrected chi connectivity index (χ3v) is 5.92. The third-order valence-electron chi connectivity index (χ3n) is 5.92. The van der Waals surface area contributed by atoms with Crippen LogP contribution in [0.2, 0.25) is 0 Å². The topological polar surface area (TPSA) is 175 Å². The molecular formula is C22H33N3O8. The highest BCUT2D eigenvalue weighted by atomic mass is 16.7. The second kappa shape index (κ2) is 11.2. The van der Waals surface area contributed by atoms with Crippen LogP contribution in [0.4, 0.5) is 0 Å². The molecule has 2 aliphatic heterocycles. The van der Waals surface area contributed by atoms with Gasteiger partial charge in [0.15, 0.2) is 6.10 Å². The van der Waals surface area contributed by atoms with E-state index in [1.165, 1.54) is 6.42 Å². The zero-order chi connectivity index (χ0) is 24.1. The summed E-state index contributed by atoms with van der Waals surface area (Å²) in [5, 5.41) is 42.1. The third kappa shape index (κ3) is 6.19. The summed E-state index contributed by atoms with van der Waals surface area (Å²) in [5.41, 5.74) is 6.53. The number of nitrogens with two attached hydrogens (primary N) is 1. The smallest absolute Gasteiger partial charge is 0.335 e. The molecule has 33 heavy (non-hydrogen) atoms. The Hall–Kier alpha value is -2.28. The number of carboxylic acids is 1. The van der Waals surface area contributed by atoms with Gasteiger partial charge in [-0.3, -0.25) is 9.69 Å². The number of hydrogen-bond donors (Lipinski definition) is 6. The Balaban J connectivity index is 1.83. The van der Waals surface area contributed by atoms with Crippen molar-refractivity contribution in [2.75, 3.05) is 26.2 Å². The Labute approximate surface area is 192 Å². The van der Waals surface area contributed by atoms with Crippen LogP contribution in [-0.2, 0) is 16.1 Å². The van der Waals surface area contributed by atoms with E-state index < -0.39 is 42.6 Å². The molecule has 2 heterocycles. The zero-order valence-electron chi connectivity index (χ0n) is 18.6. The van der Waals surface area contributed by atoms with Crippen LogP contribution in [0, 0.1) is 5.92 Å². The minimum atomic E-state index is -1.83. The van der Waals surface area contributed by atoms with E-state index in [9.17, 15) is 30.0 Å². The minimum Gasteiger partial charge on any atom is -0.479 e. The quantitative estimate of drug-likeness (QED) is 0.275. The van der Waals surface area contributed by atoms with E-state index in [0.717, 1.165) is 25.1 Å². The number of ether oxygens (including phenoxy) is 2. The molecule has 2 saturated heterocycles. The normalized spacial score (nSPS) is 30.6. The minimum absolute atomic E-state index is 0.0389. The highest BCUT2D eigenvalue weighted by Gasteiger charge is 2.48. The van der Waals surface area contributed by atoms with E-state index in [1.54, 1.807) is 18.2 Å². The molecule has 3 rings (SSSR count). The number of carbonyl (C=O) groups excluding carboxylic acids is 1. The van der Waals surface area contributed by atoms with Gasteiger partial charge in [-0.25, -0.2) is 4.79 Å². The van der Waals surface area contributed by atoms with Gasteiger partial charge in [-0.1, -0.05) is 13.0 Å². The van der Waals surface area contributed by atoms with E-state index in [-0.39, 0.29) is 24.4 Å². The SMILES string of the molecule is C[C@H]1CCCN(Cc2ccc(O[C@@H]3O[C@H](C(=O)O)[C@@H](O)[C@H](O)[C@H]3O)c(C(=O)NCCN)c2)C1. The Morgan fingerprint density at radius 2 is 2.00 bits per heavy atom. The molecule has 1 aromatic rings. The number of rotatable bonds is 8. The first-order chi connectivity index (χ1) is 15.7. The summed E-state index contributed by atoms with van der Waals surface area (Å²) in [6, 6.07) is 5.00. The van der Waals surface area contributed by atoms with Crippen molar-refractivity contribution in [2.45, 2.75) is 57.0 Å². The fourth-order valence-corrected chi connectivity index (χ4v) is 4.20. The van der Waals surface area contributed by atoms with Crippen LogP contribution in [0.1, 0.15) is 35.7 Å². The van der Waals surface area contributed by atoms with Gasteiger partial charge >= 0.3 is 5.97 Å². The lowest BCUT2D eigenvalue weighted by Gasteiger charge is -2.38. The van der Waals surface area contributed by atoms with E-state index in [4.69, 9.17) is 15.2 Å². The van der Waals surface area contributed by atoms with Crippen LogP contribution in [0.5, 0.6) is 5.75 Å². The number of carbonyl (C=O) groups is 2. The number of nitrogens with zero attached hydrogens (tertiary/aromatic N) is 1. The predicted octanol–water partition coefficient (Wildman–Crippen LogP) is -1.12. The maximum atomic E-state index is 12.8. The van der Waals surface area contributed by atoms with Crippen LogP contribution in [0.25, 0.3) is 0 Å². The van der Waals surface area contributed by atoms with E-state index in [2.05, 4.69) is 17.1 Å². The Morgan fingerprint density at radius 3 is 2.67 bits per heavy atom. The number of aliphatic hydroxyl groups is 3. The van der Waals surface area contributed by atoms with Gasteiger partial charge in [0.1, 0.15) is 24.1 Å². The van der Waals surface area contributed by atoms with Gasteiger partial charge in [-0.15, -0.1) is 0 Å². The zero-order valence-corrected chi connectivity index (χ0v) is 18.6. The number of aliphatic hydroxyl groups excluding tert-OH is 3. The van der Waals surface area contributed by atoms with Gasteiger partial charge < -0.3 is 41.0 Å². The van der Waals surface area contributed by atoms with Gasteiger partial charge in [0.25, 0.3) is 5.91 Å². The first-order valence-electron chi connectivity index (χ1n) is 11.1. The maximum absolute atomic E-state index is 12.8.